The Labute approximate surface area is 121 Å². The molecule has 1 aliphatic rings. The van der Waals surface area contributed by atoms with Crippen molar-refractivity contribution in [3.8, 4) is 0 Å². The maximum Gasteiger partial charge on any atom is 0.410 e. The summed E-state index contributed by atoms with van der Waals surface area (Å²) in [6.07, 6.45) is 2.86. The van der Waals surface area contributed by atoms with Crippen molar-refractivity contribution in [3.63, 3.8) is 0 Å². The highest BCUT2D eigenvalue weighted by Gasteiger charge is 2.24. The minimum atomic E-state index is -0.442. The predicted octanol–water partition coefficient (Wildman–Crippen LogP) is 4.02. The number of nitrogens with zero attached hydrogens (tertiary/aromatic N) is 1. The van der Waals surface area contributed by atoms with E-state index in [1.165, 1.54) is 16.7 Å². The average Bonchev–Trinajstić information content (AvgIpc) is 2.38. The van der Waals surface area contributed by atoms with Crippen molar-refractivity contribution in [3.05, 3.63) is 41.5 Å². The minimum absolute atomic E-state index is 0.227. The van der Waals surface area contributed by atoms with E-state index in [9.17, 15) is 4.79 Å². The molecule has 0 fully saturated rings. The summed E-state index contributed by atoms with van der Waals surface area (Å²) < 4.78 is 5.44. The Morgan fingerprint density at radius 2 is 1.85 bits per heavy atom. The van der Waals surface area contributed by atoms with Crippen LogP contribution in [0.2, 0.25) is 0 Å². The Balaban J connectivity index is 2.06. The molecule has 3 nitrogen and oxygen atoms in total. The number of hydrogen-bond acceptors (Lipinski definition) is 2. The van der Waals surface area contributed by atoms with Crippen LogP contribution < -0.4 is 0 Å². The summed E-state index contributed by atoms with van der Waals surface area (Å²) in [6.45, 7) is 9.11. The highest BCUT2D eigenvalue weighted by Crippen LogP contribution is 2.22. The number of carbonyl (C=O) groups excluding carboxylic acids is 1. The molecule has 0 atom stereocenters. The number of benzene rings is 1. The first-order valence-electron chi connectivity index (χ1n) is 7.09. The fourth-order valence-corrected chi connectivity index (χ4v) is 2.20. The molecule has 0 saturated carbocycles. The van der Waals surface area contributed by atoms with Crippen molar-refractivity contribution in [1.29, 1.82) is 0 Å². The Morgan fingerprint density at radius 3 is 2.45 bits per heavy atom. The fraction of sp³-hybridized carbons (Fsp3) is 0.471. The van der Waals surface area contributed by atoms with Gasteiger partial charge in [-0.05, 0) is 45.3 Å². The molecule has 0 radical (unpaired) electrons. The lowest BCUT2D eigenvalue weighted by atomic mass is 10.0. The van der Waals surface area contributed by atoms with Gasteiger partial charge in [0.1, 0.15) is 5.60 Å². The number of ether oxygens (including phenoxy) is 1. The maximum atomic E-state index is 12.1. The van der Waals surface area contributed by atoms with Crippen LogP contribution in [0.15, 0.2) is 30.3 Å². The second-order valence-corrected chi connectivity index (χ2v) is 6.29. The molecule has 0 saturated heterocycles. The average molecular weight is 273 g/mol. The molecule has 108 valence electrons. The third kappa shape index (κ3) is 3.86. The molecule has 1 aliphatic heterocycles. The molecule has 1 aromatic carbocycles. The first kappa shape index (κ1) is 14.6. The Morgan fingerprint density at radius 1 is 1.20 bits per heavy atom. The third-order valence-electron chi connectivity index (χ3n) is 3.23. The van der Waals surface area contributed by atoms with Gasteiger partial charge in [0.2, 0.25) is 0 Å². The van der Waals surface area contributed by atoms with Crippen molar-refractivity contribution in [2.45, 2.75) is 39.7 Å². The summed E-state index contributed by atoms with van der Waals surface area (Å²) in [5, 5.41) is 0. The second-order valence-electron chi connectivity index (χ2n) is 6.29. The van der Waals surface area contributed by atoms with Gasteiger partial charge in [0.15, 0.2) is 0 Å². The summed E-state index contributed by atoms with van der Waals surface area (Å²) >= 11 is 0. The van der Waals surface area contributed by atoms with Crippen LogP contribution in [-0.4, -0.2) is 29.7 Å². The monoisotopic (exact) mass is 273 g/mol. The molecule has 1 aromatic rings. The van der Waals surface area contributed by atoms with E-state index in [4.69, 9.17) is 4.74 Å². The Hall–Kier alpha value is -1.77. The van der Waals surface area contributed by atoms with Gasteiger partial charge in [-0.25, -0.2) is 4.79 Å². The van der Waals surface area contributed by atoms with Crippen LogP contribution in [0, 0.1) is 6.92 Å². The van der Waals surface area contributed by atoms with Crippen molar-refractivity contribution in [1.82, 2.24) is 4.90 Å². The zero-order valence-electron chi connectivity index (χ0n) is 12.8. The van der Waals surface area contributed by atoms with Crippen LogP contribution in [0.4, 0.5) is 4.79 Å². The van der Waals surface area contributed by atoms with E-state index in [1.807, 2.05) is 20.8 Å². The first-order chi connectivity index (χ1) is 9.35. The molecule has 1 heterocycles. The standard InChI is InChI=1S/C17H23NO2/c1-13-7-9-14(10-8-13)15-6-5-11-18(12-15)16(19)20-17(2,3)4/h6-10H,5,11-12H2,1-4H3. The van der Waals surface area contributed by atoms with Crippen molar-refractivity contribution in [2.24, 2.45) is 0 Å². The molecule has 3 heteroatoms. The summed E-state index contributed by atoms with van der Waals surface area (Å²) in [5.41, 5.74) is 3.18. The summed E-state index contributed by atoms with van der Waals surface area (Å²) in [7, 11) is 0. The van der Waals surface area contributed by atoms with Crippen LogP contribution in [0.5, 0.6) is 0 Å². The van der Waals surface area contributed by atoms with Crippen LogP contribution in [-0.2, 0) is 4.74 Å². The second kappa shape index (κ2) is 5.70. The lowest BCUT2D eigenvalue weighted by Gasteiger charge is -2.30. The van der Waals surface area contributed by atoms with E-state index in [2.05, 4.69) is 37.3 Å². The zero-order valence-corrected chi connectivity index (χ0v) is 12.8. The van der Waals surface area contributed by atoms with Gasteiger partial charge < -0.3 is 9.64 Å². The van der Waals surface area contributed by atoms with Gasteiger partial charge in [0.05, 0.1) is 0 Å². The predicted molar refractivity (Wildman–Crippen MR) is 81.6 cm³/mol. The summed E-state index contributed by atoms with van der Waals surface area (Å²) in [4.78, 5) is 13.9. The molecule has 0 aliphatic carbocycles. The van der Waals surface area contributed by atoms with Crippen LogP contribution in [0.1, 0.15) is 38.3 Å². The van der Waals surface area contributed by atoms with Crippen molar-refractivity contribution < 1.29 is 9.53 Å². The number of rotatable bonds is 1. The molecule has 0 spiro atoms. The Kier molecular flexibility index (Phi) is 4.17. The molecule has 2 rings (SSSR count). The van der Waals surface area contributed by atoms with Gasteiger partial charge in [-0.3, -0.25) is 0 Å². The smallest absolute Gasteiger partial charge is 0.410 e. The highest BCUT2D eigenvalue weighted by molar-refractivity contribution is 5.75. The van der Waals surface area contributed by atoms with E-state index in [1.54, 1.807) is 4.90 Å². The van der Waals surface area contributed by atoms with Gasteiger partial charge in [-0.15, -0.1) is 0 Å². The van der Waals surface area contributed by atoms with E-state index >= 15 is 0 Å². The molecular formula is C17H23NO2. The third-order valence-corrected chi connectivity index (χ3v) is 3.23. The van der Waals surface area contributed by atoms with Gasteiger partial charge >= 0.3 is 6.09 Å². The topological polar surface area (TPSA) is 29.5 Å². The summed E-state index contributed by atoms with van der Waals surface area (Å²) in [5.74, 6) is 0. The van der Waals surface area contributed by atoms with E-state index in [0.29, 0.717) is 6.54 Å². The number of amides is 1. The highest BCUT2D eigenvalue weighted by atomic mass is 16.6. The zero-order chi connectivity index (χ0) is 14.8. The lowest BCUT2D eigenvalue weighted by Crippen LogP contribution is -2.39. The van der Waals surface area contributed by atoms with E-state index in [-0.39, 0.29) is 6.09 Å². The first-order valence-corrected chi connectivity index (χ1v) is 7.09. The van der Waals surface area contributed by atoms with Crippen molar-refractivity contribution >= 4 is 11.7 Å². The van der Waals surface area contributed by atoms with E-state index < -0.39 is 5.60 Å². The quantitative estimate of drug-likeness (QED) is 0.773. The number of hydrogen-bond donors (Lipinski definition) is 0. The van der Waals surface area contributed by atoms with Gasteiger partial charge in [0, 0.05) is 13.1 Å². The molecule has 20 heavy (non-hydrogen) atoms. The van der Waals surface area contributed by atoms with Crippen LogP contribution in [0.3, 0.4) is 0 Å². The van der Waals surface area contributed by atoms with Gasteiger partial charge in [0.25, 0.3) is 0 Å². The minimum Gasteiger partial charge on any atom is -0.444 e. The fourth-order valence-electron chi connectivity index (χ4n) is 2.20. The van der Waals surface area contributed by atoms with Crippen molar-refractivity contribution in [2.75, 3.05) is 13.1 Å². The molecular weight excluding hydrogens is 250 g/mol. The molecule has 1 amide bonds. The van der Waals surface area contributed by atoms with Gasteiger partial charge in [-0.1, -0.05) is 35.9 Å². The number of aryl methyl sites for hydroxylation is 1. The Bertz CT molecular complexity index is 509. The SMILES string of the molecule is Cc1ccc(C2=CCCN(C(=O)OC(C)(C)C)C2)cc1. The van der Waals surface area contributed by atoms with Gasteiger partial charge in [-0.2, -0.15) is 0 Å². The van der Waals surface area contributed by atoms with E-state index in [0.717, 1.165) is 13.0 Å². The normalized spacial score (nSPS) is 15.8. The number of carbonyl (C=O) groups is 1. The molecule has 0 bridgehead atoms. The van der Waals surface area contributed by atoms with Crippen LogP contribution >= 0.6 is 0 Å². The molecule has 0 unspecified atom stereocenters. The lowest BCUT2D eigenvalue weighted by molar-refractivity contribution is 0.0273. The maximum absolute atomic E-state index is 12.1. The summed E-state index contributed by atoms with van der Waals surface area (Å²) in [6, 6.07) is 8.42. The molecule has 0 aromatic heterocycles. The van der Waals surface area contributed by atoms with Crippen LogP contribution in [0.25, 0.3) is 5.57 Å². The largest absolute Gasteiger partial charge is 0.444 e. The molecule has 0 N–H and O–H groups in total.